The van der Waals surface area contributed by atoms with E-state index in [1.807, 2.05) is 54.6 Å². The third kappa shape index (κ3) is 8.54. The zero-order valence-electron chi connectivity index (χ0n) is 25.2. The second kappa shape index (κ2) is 15.1. The Kier molecular flexibility index (Phi) is 11.0. The normalized spacial score (nSPS) is 20.4. The van der Waals surface area contributed by atoms with Crippen molar-refractivity contribution in [1.29, 1.82) is 0 Å². The van der Waals surface area contributed by atoms with Crippen LogP contribution in [0.5, 0.6) is 0 Å². The average molecular weight is 604 g/mol. The molecule has 1 aliphatic heterocycles. The standard InChI is InChI=1S/C35H45N3O4S/c1-37(43(40,41)33-18-9-4-10-19-33)26-32(30-16-7-3-8-17-30)21-23-38-22-20-31(24-34(38)36-25-28-14-11-15-28)35(39)42-27-29-12-5-2-6-13-29/h2-10,12-13,16-19,28,31-32,34,36H,11,14-15,20-27H2,1H3/t31-,32?,34+/m0/s1. The molecule has 1 aliphatic carbocycles. The van der Waals surface area contributed by atoms with Crippen molar-refractivity contribution in [2.45, 2.75) is 62.1 Å². The van der Waals surface area contributed by atoms with Crippen molar-refractivity contribution < 1.29 is 17.9 Å². The summed E-state index contributed by atoms with van der Waals surface area (Å²) in [4.78, 5) is 15.9. The van der Waals surface area contributed by atoms with Gasteiger partial charge in [0, 0.05) is 26.7 Å². The van der Waals surface area contributed by atoms with E-state index in [9.17, 15) is 13.2 Å². The smallest absolute Gasteiger partial charge is 0.309 e. The highest BCUT2D eigenvalue weighted by Gasteiger charge is 2.34. The SMILES string of the molecule is CN(CC(CCN1CC[C@H](C(=O)OCc2ccccc2)C[C@@H]1NCC1CCC1)c1ccccc1)S(=O)(=O)c1ccccc1. The third-order valence-electron chi connectivity index (χ3n) is 9.10. The van der Waals surface area contributed by atoms with E-state index in [2.05, 4.69) is 22.3 Å². The number of piperidine rings is 1. The van der Waals surface area contributed by atoms with Gasteiger partial charge in [-0.15, -0.1) is 0 Å². The number of rotatable bonds is 14. The fourth-order valence-electron chi connectivity index (χ4n) is 6.15. The number of benzene rings is 3. The molecule has 1 saturated heterocycles. The van der Waals surface area contributed by atoms with Gasteiger partial charge >= 0.3 is 5.97 Å². The van der Waals surface area contributed by atoms with Crippen LogP contribution in [0.1, 0.15) is 55.6 Å². The predicted octanol–water partition coefficient (Wildman–Crippen LogP) is 5.65. The van der Waals surface area contributed by atoms with Gasteiger partial charge in [-0.05, 0) is 73.7 Å². The summed E-state index contributed by atoms with van der Waals surface area (Å²) in [5, 5.41) is 3.79. The quantitative estimate of drug-likeness (QED) is 0.240. The molecule has 0 aromatic heterocycles. The zero-order valence-corrected chi connectivity index (χ0v) is 26.0. The van der Waals surface area contributed by atoms with Crippen LogP contribution in [0.4, 0.5) is 0 Å². The van der Waals surface area contributed by atoms with Crippen LogP contribution in [0, 0.1) is 11.8 Å². The van der Waals surface area contributed by atoms with Gasteiger partial charge in [0.1, 0.15) is 6.61 Å². The summed E-state index contributed by atoms with van der Waals surface area (Å²) in [6, 6.07) is 28.7. The summed E-state index contributed by atoms with van der Waals surface area (Å²) in [7, 11) is -1.92. The molecule has 2 fully saturated rings. The molecule has 7 nitrogen and oxygen atoms in total. The van der Waals surface area contributed by atoms with Crippen molar-refractivity contribution in [1.82, 2.24) is 14.5 Å². The van der Waals surface area contributed by atoms with Crippen molar-refractivity contribution in [3.8, 4) is 0 Å². The maximum absolute atomic E-state index is 13.3. The summed E-state index contributed by atoms with van der Waals surface area (Å²) >= 11 is 0. The number of sulfonamides is 1. The van der Waals surface area contributed by atoms with Gasteiger partial charge in [0.05, 0.1) is 17.0 Å². The molecule has 8 heteroatoms. The molecule has 43 heavy (non-hydrogen) atoms. The van der Waals surface area contributed by atoms with Crippen LogP contribution < -0.4 is 5.32 Å². The molecule has 1 unspecified atom stereocenters. The molecule has 230 valence electrons. The molecule has 2 aliphatic rings. The monoisotopic (exact) mass is 603 g/mol. The van der Waals surface area contributed by atoms with E-state index in [-0.39, 0.29) is 24.0 Å². The minimum Gasteiger partial charge on any atom is -0.461 e. The maximum Gasteiger partial charge on any atom is 0.309 e. The first-order valence-electron chi connectivity index (χ1n) is 15.6. The molecule has 5 rings (SSSR count). The van der Waals surface area contributed by atoms with Crippen molar-refractivity contribution in [2.24, 2.45) is 11.8 Å². The number of nitrogens with one attached hydrogen (secondary N) is 1. The Balaban J connectivity index is 1.24. The molecule has 3 aromatic carbocycles. The number of hydrogen-bond acceptors (Lipinski definition) is 6. The minimum atomic E-state index is -3.60. The van der Waals surface area contributed by atoms with Crippen LogP contribution in [0.25, 0.3) is 0 Å². The number of likely N-dealkylation sites (N-methyl/N-ethyl adjacent to an activating group) is 1. The van der Waals surface area contributed by atoms with E-state index < -0.39 is 10.0 Å². The highest BCUT2D eigenvalue weighted by molar-refractivity contribution is 7.89. The number of carbonyl (C=O) groups excluding carboxylic acids is 1. The van der Waals surface area contributed by atoms with Gasteiger partial charge < -0.3 is 10.1 Å². The van der Waals surface area contributed by atoms with Crippen molar-refractivity contribution in [3.05, 3.63) is 102 Å². The van der Waals surface area contributed by atoms with Crippen LogP contribution in [-0.4, -0.2) is 63.0 Å². The minimum absolute atomic E-state index is 0.0329. The Labute approximate surface area is 257 Å². The maximum atomic E-state index is 13.3. The second-order valence-electron chi connectivity index (χ2n) is 12.1. The van der Waals surface area contributed by atoms with E-state index in [4.69, 9.17) is 4.74 Å². The van der Waals surface area contributed by atoms with E-state index in [0.29, 0.717) is 24.0 Å². The first-order chi connectivity index (χ1) is 20.9. The van der Waals surface area contributed by atoms with Crippen LogP contribution in [0.15, 0.2) is 95.9 Å². The molecule has 0 spiro atoms. The average Bonchev–Trinajstić information content (AvgIpc) is 3.02. The van der Waals surface area contributed by atoms with Gasteiger partial charge in [0.2, 0.25) is 10.0 Å². The Hall–Kier alpha value is -3.04. The lowest BCUT2D eigenvalue weighted by molar-refractivity contribution is -0.152. The van der Waals surface area contributed by atoms with Crippen LogP contribution in [-0.2, 0) is 26.2 Å². The predicted molar refractivity (Wildman–Crippen MR) is 170 cm³/mol. The van der Waals surface area contributed by atoms with Gasteiger partial charge in [-0.1, -0.05) is 85.3 Å². The highest BCUT2D eigenvalue weighted by atomic mass is 32.2. The first-order valence-corrected chi connectivity index (χ1v) is 17.1. The van der Waals surface area contributed by atoms with Gasteiger partial charge in [-0.3, -0.25) is 9.69 Å². The number of hydrogen-bond donors (Lipinski definition) is 1. The number of likely N-dealkylation sites (tertiary alicyclic amines) is 1. The molecular weight excluding hydrogens is 558 g/mol. The Morgan fingerprint density at radius 3 is 2.26 bits per heavy atom. The molecule has 0 radical (unpaired) electrons. The number of esters is 1. The van der Waals surface area contributed by atoms with E-state index in [0.717, 1.165) is 50.0 Å². The number of nitrogens with zero attached hydrogens (tertiary/aromatic N) is 2. The van der Waals surface area contributed by atoms with Crippen LogP contribution in [0.2, 0.25) is 0 Å². The van der Waals surface area contributed by atoms with Crippen LogP contribution >= 0.6 is 0 Å². The molecule has 1 heterocycles. The lowest BCUT2D eigenvalue weighted by Gasteiger charge is -2.41. The number of ether oxygens (including phenoxy) is 1. The van der Waals surface area contributed by atoms with Crippen molar-refractivity contribution in [3.63, 3.8) is 0 Å². The lowest BCUT2D eigenvalue weighted by atomic mass is 9.85. The Morgan fingerprint density at radius 2 is 1.60 bits per heavy atom. The first kappa shape index (κ1) is 31.4. The van der Waals surface area contributed by atoms with Crippen molar-refractivity contribution >= 4 is 16.0 Å². The van der Waals surface area contributed by atoms with Crippen LogP contribution in [0.3, 0.4) is 0 Å². The molecule has 0 bridgehead atoms. The Morgan fingerprint density at radius 1 is 0.953 bits per heavy atom. The fraction of sp³-hybridized carbons (Fsp3) is 0.457. The van der Waals surface area contributed by atoms with Gasteiger partial charge in [-0.25, -0.2) is 12.7 Å². The fourth-order valence-corrected chi connectivity index (χ4v) is 7.38. The van der Waals surface area contributed by atoms with E-state index >= 15 is 0 Å². The van der Waals surface area contributed by atoms with E-state index in [1.165, 1.54) is 23.6 Å². The Bertz CT molecular complexity index is 1380. The molecule has 3 atom stereocenters. The van der Waals surface area contributed by atoms with E-state index in [1.54, 1.807) is 31.3 Å². The van der Waals surface area contributed by atoms with Gasteiger partial charge in [0.25, 0.3) is 0 Å². The molecular formula is C35H45N3O4S. The molecule has 1 N–H and O–H groups in total. The molecule has 0 amide bonds. The summed E-state index contributed by atoms with van der Waals surface area (Å²) < 4.78 is 33.9. The topological polar surface area (TPSA) is 79.0 Å². The summed E-state index contributed by atoms with van der Waals surface area (Å²) in [5.74, 6) is 0.492. The second-order valence-corrected chi connectivity index (χ2v) is 14.1. The summed E-state index contributed by atoms with van der Waals surface area (Å²) in [6.07, 6.45) is 6.20. The van der Waals surface area contributed by atoms with Gasteiger partial charge in [0.15, 0.2) is 0 Å². The summed E-state index contributed by atoms with van der Waals surface area (Å²) in [6.45, 7) is 3.27. The lowest BCUT2D eigenvalue weighted by Crippen LogP contribution is -2.53. The molecule has 3 aromatic rings. The zero-order chi connectivity index (χ0) is 30.1. The van der Waals surface area contributed by atoms with Gasteiger partial charge in [-0.2, -0.15) is 0 Å². The van der Waals surface area contributed by atoms with Crippen molar-refractivity contribution in [2.75, 3.05) is 33.2 Å². The molecule has 1 saturated carbocycles. The summed E-state index contributed by atoms with van der Waals surface area (Å²) in [5.41, 5.74) is 2.13. The largest absolute Gasteiger partial charge is 0.461 e. The number of carbonyl (C=O) groups is 1. The highest BCUT2D eigenvalue weighted by Crippen LogP contribution is 2.30. The third-order valence-corrected chi connectivity index (χ3v) is 10.9.